The van der Waals surface area contributed by atoms with Crippen LogP contribution in [0, 0.1) is 11.8 Å². The molecule has 3 heteroatoms. The third-order valence-corrected chi connectivity index (χ3v) is 2.31. The van der Waals surface area contributed by atoms with Crippen LogP contribution in [0.3, 0.4) is 0 Å². The second kappa shape index (κ2) is 7.48. The number of rotatable bonds is 5. The van der Waals surface area contributed by atoms with Gasteiger partial charge in [-0.1, -0.05) is 24.0 Å². The summed E-state index contributed by atoms with van der Waals surface area (Å²) in [7, 11) is 1.90. The third kappa shape index (κ3) is 5.74. The summed E-state index contributed by atoms with van der Waals surface area (Å²) in [5.74, 6) is 5.37. The molecule has 0 aliphatic carbocycles. The lowest BCUT2D eigenvalue weighted by Gasteiger charge is -1.98. The van der Waals surface area contributed by atoms with Gasteiger partial charge in [0, 0.05) is 24.9 Å². The van der Waals surface area contributed by atoms with Crippen LogP contribution in [0.1, 0.15) is 24.0 Å². The van der Waals surface area contributed by atoms with E-state index in [9.17, 15) is 4.79 Å². The first-order valence-electron chi connectivity index (χ1n) is 5.66. The third-order valence-electron chi connectivity index (χ3n) is 2.31. The molecule has 0 heterocycles. The van der Waals surface area contributed by atoms with E-state index in [1.807, 2.05) is 31.3 Å². The molecule has 0 aliphatic rings. The number of aliphatic carboxylic acids is 1. The van der Waals surface area contributed by atoms with Crippen LogP contribution in [0.25, 0.3) is 0 Å². The minimum absolute atomic E-state index is 0.174. The average Bonchev–Trinajstić information content (AvgIpc) is 2.33. The smallest absolute Gasteiger partial charge is 0.303 e. The van der Waals surface area contributed by atoms with Crippen LogP contribution < -0.4 is 5.32 Å². The summed E-state index contributed by atoms with van der Waals surface area (Å²) < 4.78 is 0. The van der Waals surface area contributed by atoms with E-state index in [4.69, 9.17) is 5.11 Å². The zero-order chi connectivity index (χ0) is 12.5. The Morgan fingerprint density at radius 3 is 2.65 bits per heavy atom. The van der Waals surface area contributed by atoms with Gasteiger partial charge in [-0.2, -0.15) is 0 Å². The molecule has 0 fully saturated rings. The fourth-order valence-electron chi connectivity index (χ4n) is 1.36. The fourth-order valence-corrected chi connectivity index (χ4v) is 1.36. The Kier molecular flexibility index (Phi) is 5.84. The van der Waals surface area contributed by atoms with Crippen molar-refractivity contribution in [1.29, 1.82) is 0 Å². The molecule has 3 nitrogen and oxygen atoms in total. The summed E-state index contributed by atoms with van der Waals surface area (Å²) >= 11 is 0. The summed E-state index contributed by atoms with van der Waals surface area (Å²) in [5, 5.41) is 11.6. The molecule has 0 aliphatic heterocycles. The van der Waals surface area contributed by atoms with Crippen LogP contribution in [0.15, 0.2) is 24.3 Å². The van der Waals surface area contributed by atoms with Crippen LogP contribution in [-0.2, 0) is 11.2 Å². The van der Waals surface area contributed by atoms with Gasteiger partial charge >= 0.3 is 5.97 Å². The van der Waals surface area contributed by atoms with Crippen molar-refractivity contribution in [2.45, 2.75) is 19.3 Å². The van der Waals surface area contributed by atoms with Crippen LogP contribution >= 0.6 is 0 Å². The Hall–Kier alpha value is -1.79. The maximum absolute atomic E-state index is 10.4. The molecule has 0 saturated carbocycles. The minimum atomic E-state index is -0.763. The van der Waals surface area contributed by atoms with Gasteiger partial charge in [-0.15, -0.1) is 0 Å². The molecule has 1 aromatic carbocycles. The number of benzene rings is 1. The molecule has 0 radical (unpaired) electrons. The number of aryl methyl sites for hydroxylation is 1. The summed E-state index contributed by atoms with van der Waals surface area (Å²) in [6.45, 7) is 0.893. The molecule has 17 heavy (non-hydrogen) atoms. The summed E-state index contributed by atoms with van der Waals surface area (Å²) in [6.07, 6.45) is 1.58. The molecular weight excluding hydrogens is 214 g/mol. The number of carboxylic acid groups (broad SMARTS) is 1. The molecular formula is C14H17NO2. The highest BCUT2D eigenvalue weighted by Crippen LogP contribution is 2.05. The Morgan fingerprint density at radius 1 is 1.35 bits per heavy atom. The van der Waals surface area contributed by atoms with Gasteiger partial charge < -0.3 is 10.4 Å². The van der Waals surface area contributed by atoms with Gasteiger partial charge in [0.1, 0.15) is 0 Å². The second-order valence-corrected chi connectivity index (χ2v) is 3.75. The normalized spacial score (nSPS) is 9.47. The lowest BCUT2D eigenvalue weighted by atomic mass is 10.1. The van der Waals surface area contributed by atoms with Gasteiger partial charge in [0.2, 0.25) is 0 Å². The first-order valence-corrected chi connectivity index (χ1v) is 5.66. The van der Waals surface area contributed by atoms with Gasteiger partial charge in [0.05, 0.1) is 0 Å². The SMILES string of the molecule is CNCCC#Cc1ccc(CCC(=O)O)cc1. The van der Waals surface area contributed by atoms with E-state index >= 15 is 0 Å². The second-order valence-electron chi connectivity index (χ2n) is 3.75. The fraction of sp³-hybridized carbons (Fsp3) is 0.357. The predicted molar refractivity (Wildman–Crippen MR) is 67.8 cm³/mol. The van der Waals surface area contributed by atoms with Gasteiger partial charge in [0.15, 0.2) is 0 Å². The summed E-state index contributed by atoms with van der Waals surface area (Å²) in [6, 6.07) is 7.74. The standard InChI is InChI=1S/C14H17NO2/c1-15-11-3-2-4-12-5-7-13(8-6-12)9-10-14(16)17/h5-8,15H,3,9-11H2,1H3,(H,16,17). The molecule has 0 unspecified atom stereocenters. The molecule has 0 bridgehead atoms. The lowest BCUT2D eigenvalue weighted by molar-refractivity contribution is -0.136. The maximum Gasteiger partial charge on any atom is 0.303 e. The van der Waals surface area contributed by atoms with Gasteiger partial charge in [0.25, 0.3) is 0 Å². The van der Waals surface area contributed by atoms with Crippen molar-refractivity contribution < 1.29 is 9.90 Å². The summed E-state index contributed by atoms with van der Waals surface area (Å²) in [5.41, 5.74) is 2.01. The van der Waals surface area contributed by atoms with Crippen LogP contribution in [0.5, 0.6) is 0 Å². The van der Waals surface area contributed by atoms with Crippen LogP contribution in [0.2, 0.25) is 0 Å². The number of carboxylic acids is 1. The van der Waals surface area contributed by atoms with E-state index in [0.29, 0.717) is 6.42 Å². The Balaban J connectivity index is 2.48. The van der Waals surface area contributed by atoms with Crippen LogP contribution in [-0.4, -0.2) is 24.7 Å². The van der Waals surface area contributed by atoms with Gasteiger partial charge in [-0.3, -0.25) is 4.79 Å². The lowest BCUT2D eigenvalue weighted by Crippen LogP contribution is -2.05. The quantitative estimate of drug-likeness (QED) is 0.598. The van der Waals surface area contributed by atoms with E-state index < -0.39 is 5.97 Å². The maximum atomic E-state index is 10.4. The van der Waals surface area contributed by atoms with Crippen molar-refractivity contribution >= 4 is 5.97 Å². The molecule has 90 valence electrons. The number of hydrogen-bond acceptors (Lipinski definition) is 2. The molecule has 0 saturated heterocycles. The molecule has 2 N–H and O–H groups in total. The number of nitrogens with one attached hydrogen (secondary N) is 1. The van der Waals surface area contributed by atoms with E-state index in [1.165, 1.54) is 0 Å². The largest absolute Gasteiger partial charge is 0.481 e. The topological polar surface area (TPSA) is 49.3 Å². The van der Waals surface area contributed by atoms with Crippen molar-refractivity contribution in [2.24, 2.45) is 0 Å². The van der Waals surface area contributed by atoms with Crippen LogP contribution in [0.4, 0.5) is 0 Å². The molecule has 0 atom stereocenters. The highest BCUT2D eigenvalue weighted by atomic mass is 16.4. The zero-order valence-corrected chi connectivity index (χ0v) is 9.99. The highest BCUT2D eigenvalue weighted by molar-refractivity contribution is 5.67. The van der Waals surface area contributed by atoms with Gasteiger partial charge in [-0.05, 0) is 31.2 Å². The first-order chi connectivity index (χ1) is 8.22. The van der Waals surface area contributed by atoms with E-state index in [2.05, 4.69) is 17.2 Å². The van der Waals surface area contributed by atoms with Crippen molar-refractivity contribution in [2.75, 3.05) is 13.6 Å². The Morgan fingerprint density at radius 2 is 2.06 bits per heavy atom. The van der Waals surface area contributed by atoms with E-state index in [1.54, 1.807) is 0 Å². The monoisotopic (exact) mass is 231 g/mol. The number of hydrogen-bond donors (Lipinski definition) is 2. The molecule has 0 aromatic heterocycles. The summed E-state index contributed by atoms with van der Waals surface area (Å²) in [4.78, 5) is 10.4. The molecule has 1 aromatic rings. The molecule has 0 spiro atoms. The minimum Gasteiger partial charge on any atom is -0.481 e. The zero-order valence-electron chi connectivity index (χ0n) is 9.99. The Bertz CT molecular complexity index is 412. The predicted octanol–water partition coefficient (Wildman–Crippen LogP) is 1.66. The number of carbonyl (C=O) groups is 1. The molecule has 1 rings (SSSR count). The van der Waals surface area contributed by atoms with Crippen molar-refractivity contribution in [3.63, 3.8) is 0 Å². The van der Waals surface area contributed by atoms with E-state index in [-0.39, 0.29) is 6.42 Å². The van der Waals surface area contributed by atoms with Crippen molar-refractivity contribution in [3.8, 4) is 11.8 Å². The molecule has 0 amide bonds. The van der Waals surface area contributed by atoms with Gasteiger partial charge in [-0.25, -0.2) is 0 Å². The first kappa shape index (κ1) is 13.3. The van der Waals surface area contributed by atoms with Crippen molar-refractivity contribution in [3.05, 3.63) is 35.4 Å². The highest BCUT2D eigenvalue weighted by Gasteiger charge is 1.98. The van der Waals surface area contributed by atoms with E-state index in [0.717, 1.165) is 24.1 Å². The average molecular weight is 231 g/mol. The van der Waals surface area contributed by atoms with Crippen molar-refractivity contribution in [1.82, 2.24) is 5.32 Å². The Labute approximate surface area is 102 Å².